The van der Waals surface area contributed by atoms with Gasteiger partial charge in [-0.2, -0.15) is 0 Å². The SMILES string of the molecule is Cc1ccccc1C1(O)CCCCC1N1CCC2(CC1)C(=O)NCC2c1ccc(F)cc1. The summed E-state index contributed by atoms with van der Waals surface area (Å²) in [4.78, 5) is 15.5. The minimum atomic E-state index is -0.845. The number of hydrogen-bond donors (Lipinski definition) is 2. The van der Waals surface area contributed by atoms with Gasteiger partial charge in [0.2, 0.25) is 5.91 Å². The Morgan fingerprint density at radius 2 is 1.75 bits per heavy atom. The Balaban J connectivity index is 1.39. The van der Waals surface area contributed by atoms with E-state index in [0.29, 0.717) is 6.54 Å². The molecule has 170 valence electrons. The molecule has 0 bridgehead atoms. The molecule has 2 heterocycles. The van der Waals surface area contributed by atoms with Gasteiger partial charge in [-0.15, -0.1) is 0 Å². The molecule has 32 heavy (non-hydrogen) atoms. The molecule has 0 aromatic heterocycles. The fourth-order valence-electron chi connectivity index (χ4n) is 6.66. The van der Waals surface area contributed by atoms with E-state index in [1.165, 1.54) is 12.1 Å². The normalized spacial score (nSPS) is 30.4. The number of piperidine rings is 1. The first-order valence-electron chi connectivity index (χ1n) is 12.0. The fourth-order valence-corrected chi connectivity index (χ4v) is 6.66. The second kappa shape index (κ2) is 8.27. The predicted octanol–water partition coefficient (Wildman–Crippen LogP) is 4.26. The van der Waals surface area contributed by atoms with Gasteiger partial charge >= 0.3 is 0 Å². The van der Waals surface area contributed by atoms with Gasteiger partial charge in [-0.05, 0) is 74.5 Å². The van der Waals surface area contributed by atoms with Crippen LogP contribution < -0.4 is 5.32 Å². The number of halogens is 1. The molecule has 1 saturated carbocycles. The lowest BCUT2D eigenvalue weighted by molar-refractivity contribution is -0.134. The molecule has 1 amide bonds. The average molecular weight is 437 g/mol. The third kappa shape index (κ3) is 3.46. The van der Waals surface area contributed by atoms with Crippen molar-refractivity contribution in [3.8, 4) is 0 Å². The number of carbonyl (C=O) groups is 1. The molecule has 2 aromatic rings. The molecule has 1 spiro atoms. The zero-order valence-electron chi connectivity index (χ0n) is 18.8. The summed E-state index contributed by atoms with van der Waals surface area (Å²) in [7, 11) is 0. The number of aryl methyl sites for hydroxylation is 1. The van der Waals surface area contributed by atoms with E-state index < -0.39 is 11.0 Å². The highest BCUT2D eigenvalue weighted by atomic mass is 19.1. The van der Waals surface area contributed by atoms with Gasteiger partial charge in [0.25, 0.3) is 0 Å². The molecule has 5 heteroatoms. The summed E-state index contributed by atoms with van der Waals surface area (Å²) in [6.07, 6.45) is 5.45. The molecule has 2 N–H and O–H groups in total. The first-order valence-corrected chi connectivity index (χ1v) is 12.0. The lowest BCUT2D eigenvalue weighted by Gasteiger charge is -2.50. The molecule has 0 radical (unpaired) electrons. The Kier molecular flexibility index (Phi) is 5.58. The molecule has 3 atom stereocenters. The summed E-state index contributed by atoms with van der Waals surface area (Å²) in [5.74, 6) is -0.0497. The van der Waals surface area contributed by atoms with Crippen LogP contribution >= 0.6 is 0 Å². The molecular formula is C27H33FN2O2. The number of carbonyl (C=O) groups excluding carboxylic acids is 1. The van der Waals surface area contributed by atoms with E-state index in [1.54, 1.807) is 0 Å². The van der Waals surface area contributed by atoms with E-state index in [9.17, 15) is 14.3 Å². The van der Waals surface area contributed by atoms with Gasteiger partial charge in [0.05, 0.1) is 5.41 Å². The van der Waals surface area contributed by atoms with E-state index in [4.69, 9.17) is 0 Å². The molecule has 3 unspecified atom stereocenters. The highest BCUT2D eigenvalue weighted by Crippen LogP contribution is 2.50. The number of likely N-dealkylation sites (tertiary alicyclic amines) is 1. The number of aliphatic hydroxyl groups is 1. The van der Waals surface area contributed by atoms with Crippen LogP contribution in [-0.4, -0.2) is 41.6 Å². The van der Waals surface area contributed by atoms with Crippen LogP contribution in [-0.2, 0) is 10.4 Å². The molecule has 2 aromatic carbocycles. The van der Waals surface area contributed by atoms with Crippen molar-refractivity contribution in [1.29, 1.82) is 0 Å². The molecule has 3 fully saturated rings. The molecule has 1 aliphatic carbocycles. The van der Waals surface area contributed by atoms with Crippen molar-refractivity contribution in [2.24, 2.45) is 5.41 Å². The molecular weight excluding hydrogens is 403 g/mol. The van der Waals surface area contributed by atoms with Crippen LogP contribution in [0.4, 0.5) is 4.39 Å². The Labute approximate surface area is 189 Å². The summed E-state index contributed by atoms with van der Waals surface area (Å²) in [6, 6.07) is 14.9. The Morgan fingerprint density at radius 1 is 1.03 bits per heavy atom. The number of rotatable bonds is 3. The maximum Gasteiger partial charge on any atom is 0.227 e. The van der Waals surface area contributed by atoms with Gasteiger partial charge in [-0.3, -0.25) is 9.69 Å². The minimum absolute atomic E-state index is 0.0688. The highest BCUT2D eigenvalue weighted by molar-refractivity contribution is 5.86. The summed E-state index contributed by atoms with van der Waals surface area (Å²) in [5.41, 5.74) is 1.94. The van der Waals surface area contributed by atoms with Gasteiger partial charge in [-0.1, -0.05) is 49.2 Å². The van der Waals surface area contributed by atoms with Crippen molar-refractivity contribution in [3.05, 3.63) is 71.0 Å². The topological polar surface area (TPSA) is 52.6 Å². The van der Waals surface area contributed by atoms with Crippen molar-refractivity contribution < 1.29 is 14.3 Å². The number of hydrogen-bond acceptors (Lipinski definition) is 3. The first-order chi connectivity index (χ1) is 15.4. The smallest absolute Gasteiger partial charge is 0.227 e. The van der Waals surface area contributed by atoms with Gasteiger partial charge in [-0.25, -0.2) is 4.39 Å². The third-order valence-electron chi connectivity index (χ3n) is 8.44. The van der Waals surface area contributed by atoms with E-state index in [0.717, 1.165) is 68.3 Å². The predicted molar refractivity (Wildman–Crippen MR) is 123 cm³/mol. The van der Waals surface area contributed by atoms with Gasteiger partial charge < -0.3 is 10.4 Å². The largest absolute Gasteiger partial charge is 0.384 e. The quantitative estimate of drug-likeness (QED) is 0.756. The second-order valence-electron chi connectivity index (χ2n) is 10.0. The van der Waals surface area contributed by atoms with E-state index >= 15 is 0 Å². The van der Waals surface area contributed by atoms with Crippen LogP contribution in [0.1, 0.15) is 61.1 Å². The molecule has 4 nitrogen and oxygen atoms in total. The monoisotopic (exact) mass is 436 g/mol. The Bertz CT molecular complexity index is 983. The molecule has 5 rings (SSSR count). The summed E-state index contributed by atoms with van der Waals surface area (Å²) in [6.45, 7) is 4.29. The minimum Gasteiger partial charge on any atom is -0.384 e. The Hall–Kier alpha value is -2.24. The maximum absolute atomic E-state index is 13.5. The molecule has 2 saturated heterocycles. The zero-order chi connectivity index (χ0) is 22.3. The van der Waals surface area contributed by atoms with Crippen molar-refractivity contribution in [3.63, 3.8) is 0 Å². The zero-order valence-corrected chi connectivity index (χ0v) is 18.8. The first kappa shape index (κ1) is 21.6. The third-order valence-corrected chi connectivity index (χ3v) is 8.44. The fraction of sp³-hybridized carbons (Fsp3) is 0.519. The maximum atomic E-state index is 13.5. The van der Waals surface area contributed by atoms with Crippen molar-refractivity contribution in [2.75, 3.05) is 19.6 Å². The number of nitrogens with zero attached hydrogens (tertiary/aromatic N) is 1. The van der Waals surface area contributed by atoms with Gasteiger partial charge in [0.15, 0.2) is 0 Å². The Morgan fingerprint density at radius 3 is 2.47 bits per heavy atom. The molecule has 3 aliphatic rings. The lowest BCUT2D eigenvalue weighted by atomic mass is 9.66. The van der Waals surface area contributed by atoms with E-state index in [2.05, 4.69) is 29.3 Å². The van der Waals surface area contributed by atoms with E-state index in [1.807, 2.05) is 24.3 Å². The number of amides is 1. The number of nitrogens with one attached hydrogen (secondary N) is 1. The van der Waals surface area contributed by atoms with Gasteiger partial charge in [0, 0.05) is 18.5 Å². The highest BCUT2D eigenvalue weighted by Gasteiger charge is 2.54. The standard InChI is InChI=1S/C27H33FN2O2/c1-19-6-2-3-7-22(19)27(32)13-5-4-8-24(27)30-16-14-26(15-17-30)23(18-29-25(26)31)20-9-11-21(28)12-10-20/h2-3,6-7,9-12,23-24,32H,4-5,8,13-18H2,1H3,(H,29,31). The lowest BCUT2D eigenvalue weighted by Crippen LogP contribution is -2.57. The van der Waals surface area contributed by atoms with Crippen molar-refractivity contribution in [1.82, 2.24) is 10.2 Å². The van der Waals surface area contributed by atoms with Crippen LogP contribution in [0.15, 0.2) is 48.5 Å². The number of benzene rings is 2. The van der Waals surface area contributed by atoms with E-state index in [-0.39, 0.29) is 23.7 Å². The average Bonchev–Trinajstić information content (AvgIpc) is 3.11. The van der Waals surface area contributed by atoms with Crippen LogP contribution in [0, 0.1) is 18.2 Å². The summed E-state index contributed by atoms with van der Waals surface area (Å²) < 4.78 is 13.5. The van der Waals surface area contributed by atoms with Crippen molar-refractivity contribution in [2.45, 2.75) is 63.0 Å². The van der Waals surface area contributed by atoms with Crippen LogP contribution in [0.3, 0.4) is 0 Å². The van der Waals surface area contributed by atoms with Crippen molar-refractivity contribution >= 4 is 5.91 Å². The summed E-state index contributed by atoms with van der Waals surface area (Å²) in [5, 5.41) is 15.0. The van der Waals surface area contributed by atoms with Gasteiger partial charge in [0.1, 0.15) is 11.4 Å². The van der Waals surface area contributed by atoms with Crippen LogP contribution in [0.5, 0.6) is 0 Å². The van der Waals surface area contributed by atoms with Crippen LogP contribution in [0.25, 0.3) is 0 Å². The summed E-state index contributed by atoms with van der Waals surface area (Å²) >= 11 is 0. The van der Waals surface area contributed by atoms with Crippen LogP contribution in [0.2, 0.25) is 0 Å². The molecule has 2 aliphatic heterocycles. The second-order valence-corrected chi connectivity index (χ2v) is 10.0.